The van der Waals surface area contributed by atoms with Crippen LogP contribution >= 0.6 is 34.8 Å². The van der Waals surface area contributed by atoms with Crippen molar-refractivity contribution in [1.29, 1.82) is 0 Å². The molecule has 8 aliphatic rings. The lowest BCUT2D eigenvalue weighted by atomic mass is 9.90. The van der Waals surface area contributed by atoms with Crippen molar-refractivity contribution in [3.63, 3.8) is 0 Å². The molecule has 0 saturated carbocycles. The average molecular weight is 1710 g/mol. The number of anilines is 4. The summed E-state index contributed by atoms with van der Waals surface area (Å²) in [7, 11) is 11.0. The summed E-state index contributed by atoms with van der Waals surface area (Å²) in [6.45, 7) is 27.3. The number of aryl methyl sites for hydroxylation is 1. The van der Waals surface area contributed by atoms with Gasteiger partial charge in [0.1, 0.15) is 51.6 Å². The van der Waals surface area contributed by atoms with Gasteiger partial charge in [-0.15, -0.1) is 0 Å². The molecule has 0 bridgehead atoms. The highest BCUT2D eigenvalue weighted by Crippen LogP contribution is 2.47. The van der Waals surface area contributed by atoms with E-state index in [9.17, 15) is 0 Å². The van der Waals surface area contributed by atoms with E-state index in [1.54, 1.807) is 0 Å². The van der Waals surface area contributed by atoms with E-state index in [-0.39, 0.29) is 36.3 Å². The second-order valence-electron chi connectivity index (χ2n) is 35.1. The minimum absolute atomic E-state index is 0.171. The fraction of sp³-hybridized carbons (Fsp3) is 0.495. The van der Waals surface area contributed by atoms with Crippen LogP contribution in [0.3, 0.4) is 0 Å². The highest BCUT2D eigenvalue weighted by Gasteiger charge is 2.39. The SMILES string of the molecule is CC(C)N1CCN(c2cccc3nc([C@H]4CCC[C@@H](c5ncccc5Cl)N4C)cn23)CC1.CCN1CCN(c2cccc3nc([C@H]4CCC[C@@H](c5ncccc5Cl)N4C)cn23)CC1.CN1CCN(c2cccc3nc([C@H]4CCC[C@@H](c5ncccc5Cl)N4)cn23)CC1.Cc1cccnc1[C@@H]1CCC[C@H](c2nc3ccccn3c2N2CCN(C)CC2)N1C. The zero-order chi connectivity index (χ0) is 84.1. The first-order valence-corrected chi connectivity index (χ1v) is 46.0. The normalized spacial score (nSPS) is 23.6. The molecule has 0 radical (unpaired) electrons. The van der Waals surface area contributed by atoms with Gasteiger partial charge in [-0.25, -0.2) is 19.9 Å². The second-order valence-corrected chi connectivity index (χ2v) is 36.3. The monoisotopic (exact) mass is 1700 g/mol. The summed E-state index contributed by atoms with van der Waals surface area (Å²) < 4.78 is 9.11. The third kappa shape index (κ3) is 18.5. The standard InChI is InChI=1S/C25H33ClN6.C24H31ClN6.C24H32N6.C22H27ClN6/c1-18(2)30-13-15-31(16-14-30)24-11-5-10-23-28-20(17-32(23)24)21-8-4-9-22(29(21)3)25-19(26)7-6-12-27-25;1-3-29-13-15-30(16-14-29)23-11-5-10-22-27-19(17-31(22)23)20-8-4-9-21(28(20)2)24-18(25)7-6-12-26-24;1-18-8-7-12-25-22(18)19-9-6-10-20(28(19)3)23-24(29-16-14-27(2)15-17-29)30-13-5-4-11-21(30)26-23;1-27-11-13-28(14-12-27)21-9-3-8-20-26-19(15-29(20)21)17-6-2-7-18(25-17)22-16(23)5-4-10-24-22/h5-7,10-12,17-18,21-22H,4,8-9,13-16H2,1-3H3;5-7,10-12,17,20-21H,3-4,8-9,13-16H2,1-2H3;4-5,7-8,11-13,19-20H,6,9-10,14-17H2,1-3H3;3-5,8-10,15,17-18,25H,2,6-7,11-14H2,1H3/t21-,22+;20-,21+;19-,20+;17-,18+/m1101/s1. The van der Waals surface area contributed by atoms with Gasteiger partial charge in [-0.3, -0.25) is 57.1 Å². The molecule has 0 aliphatic carbocycles. The number of likely N-dealkylation sites (tertiary alicyclic amines) is 3. The Balaban J connectivity index is 0.000000116. The lowest BCUT2D eigenvalue weighted by molar-refractivity contribution is 0.109. The van der Waals surface area contributed by atoms with Crippen LogP contribution in [0.4, 0.5) is 23.3 Å². The van der Waals surface area contributed by atoms with Crippen LogP contribution in [0.5, 0.6) is 0 Å². The highest BCUT2D eigenvalue weighted by molar-refractivity contribution is 6.31. The number of piperidine rings is 4. The van der Waals surface area contributed by atoms with Crippen molar-refractivity contribution in [2.75, 3.05) is 166 Å². The van der Waals surface area contributed by atoms with Crippen LogP contribution in [0.15, 0.2) is 171 Å². The minimum Gasteiger partial charge on any atom is -0.355 e. The molecular weight excluding hydrogens is 1580 g/mol. The van der Waals surface area contributed by atoms with Crippen LogP contribution in [0.25, 0.3) is 22.6 Å². The molecular formula is C95H123Cl3N24. The molecule has 0 unspecified atom stereocenters. The summed E-state index contributed by atoms with van der Waals surface area (Å²) in [4.78, 5) is 66.0. The van der Waals surface area contributed by atoms with Crippen LogP contribution in [-0.2, 0) is 0 Å². The van der Waals surface area contributed by atoms with Gasteiger partial charge in [-0.1, -0.05) is 72.1 Å². The first-order valence-electron chi connectivity index (χ1n) is 44.9. The molecule has 24 nitrogen and oxygen atoms in total. The van der Waals surface area contributed by atoms with Crippen molar-refractivity contribution < 1.29 is 0 Å². The molecule has 20 rings (SSSR count). The summed E-state index contributed by atoms with van der Waals surface area (Å²) in [6.07, 6.45) is 29.7. The zero-order valence-corrected chi connectivity index (χ0v) is 75.1. The first-order chi connectivity index (χ1) is 59.5. The molecule has 122 heavy (non-hydrogen) atoms. The summed E-state index contributed by atoms with van der Waals surface area (Å²) in [5.41, 5.74) is 14.1. The number of piperazine rings is 4. The van der Waals surface area contributed by atoms with E-state index in [1.807, 2.05) is 67.3 Å². The smallest absolute Gasteiger partial charge is 0.138 e. The van der Waals surface area contributed by atoms with Gasteiger partial charge in [0.2, 0.25) is 0 Å². The van der Waals surface area contributed by atoms with Gasteiger partial charge in [0, 0.05) is 160 Å². The number of halogens is 3. The molecule has 8 saturated heterocycles. The van der Waals surface area contributed by atoms with Gasteiger partial charge in [-0.2, -0.15) is 0 Å². The molecule has 0 spiro atoms. The molecule has 20 heterocycles. The summed E-state index contributed by atoms with van der Waals surface area (Å²) in [5, 5.41) is 5.99. The molecule has 8 atom stereocenters. The van der Waals surface area contributed by atoms with Crippen LogP contribution < -0.4 is 24.9 Å². The van der Waals surface area contributed by atoms with Crippen LogP contribution in [0, 0.1) is 6.92 Å². The number of pyridine rings is 8. The van der Waals surface area contributed by atoms with E-state index in [0.717, 1.165) is 254 Å². The third-order valence-electron chi connectivity index (χ3n) is 27.4. The minimum atomic E-state index is 0.171. The topological polar surface area (TPSA) is 168 Å². The van der Waals surface area contributed by atoms with E-state index in [0.29, 0.717) is 18.1 Å². The van der Waals surface area contributed by atoms with E-state index in [1.165, 1.54) is 46.6 Å². The summed E-state index contributed by atoms with van der Waals surface area (Å²) in [5.74, 6) is 5.01. The van der Waals surface area contributed by atoms with Gasteiger partial charge < -0.3 is 39.6 Å². The number of rotatable bonds is 14. The summed E-state index contributed by atoms with van der Waals surface area (Å²) >= 11 is 19.4. The number of nitrogens with zero attached hydrogens (tertiary/aromatic N) is 23. The van der Waals surface area contributed by atoms with Crippen LogP contribution in [0.2, 0.25) is 15.1 Å². The Kier molecular flexibility index (Phi) is 27.1. The number of hydrogen-bond donors (Lipinski definition) is 1. The number of imidazole rings is 4. The van der Waals surface area contributed by atoms with Crippen molar-refractivity contribution in [3.05, 3.63) is 237 Å². The maximum atomic E-state index is 6.50. The molecule has 1 N–H and O–H groups in total. The van der Waals surface area contributed by atoms with Crippen molar-refractivity contribution in [2.24, 2.45) is 0 Å². The first kappa shape index (κ1) is 85.3. The van der Waals surface area contributed by atoms with Gasteiger partial charge in [0.05, 0.1) is 103 Å². The quantitative estimate of drug-likeness (QED) is 0.109. The van der Waals surface area contributed by atoms with Crippen molar-refractivity contribution in [2.45, 2.75) is 159 Å². The van der Waals surface area contributed by atoms with E-state index < -0.39 is 0 Å². The fourth-order valence-electron chi connectivity index (χ4n) is 20.3. The van der Waals surface area contributed by atoms with Gasteiger partial charge in [0.15, 0.2) is 0 Å². The maximum Gasteiger partial charge on any atom is 0.138 e. The van der Waals surface area contributed by atoms with Gasteiger partial charge in [0.25, 0.3) is 0 Å². The Morgan fingerprint density at radius 3 is 1.23 bits per heavy atom. The van der Waals surface area contributed by atoms with Crippen LogP contribution in [-0.4, -0.2) is 244 Å². The number of fused-ring (bicyclic) bond motifs is 4. The van der Waals surface area contributed by atoms with Crippen molar-refractivity contribution in [3.8, 4) is 0 Å². The number of aromatic nitrogens is 12. The lowest BCUT2D eigenvalue weighted by Gasteiger charge is -2.41. The predicted molar refractivity (Wildman–Crippen MR) is 494 cm³/mol. The van der Waals surface area contributed by atoms with Crippen LogP contribution in [0.1, 0.15) is 197 Å². The number of nitrogens with one attached hydrogen (secondary N) is 1. The Morgan fingerprint density at radius 1 is 0.361 bits per heavy atom. The highest BCUT2D eigenvalue weighted by atomic mass is 35.5. The molecule has 27 heteroatoms. The number of likely N-dealkylation sites (N-methyl/N-ethyl adjacent to an activating group) is 3. The average Bonchev–Trinajstić information content (AvgIpc) is 1.61. The molecule has 12 aromatic heterocycles. The Morgan fingerprint density at radius 2 is 0.746 bits per heavy atom. The maximum absolute atomic E-state index is 6.50. The van der Waals surface area contributed by atoms with Crippen molar-refractivity contribution in [1.82, 2.24) is 97.1 Å². The molecule has 0 amide bonds. The van der Waals surface area contributed by atoms with E-state index in [4.69, 9.17) is 59.7 Å². The van der Waals surface area contributed by atoms with Crippen molar-refractivity contribution >= 4 is 80.7 Å². The van der Waals surface area contributed by atoms with Gasteiger partial charge >= 0.3 is 0 Å². The zero-order valence-electron chi connectivity index (χ0n) is 72.8. The Bertz CT molecular complexity index is 5460. The Hall–Kier alpha value is -8.89. The second kappa shape index (κ2) is 38.7. The van der Waals surface area contributed by atoms with E-state index in [2.05, 4.69) is 258 Å². The third-order valence-corrected chi connectivity index (χ3v) is 28.3. The van der Waals surface area contributed by atoms with Gasteiger partial charge in [-0.05, 0) is 236 Å². The fourth-order valence-corrected chi connectivity index (χ4v) is 21.0. The predicted octanol–water partition coefficient (Wildman–Crippen LogP) is 16.6. The Labute approximate surface area is 735 Å². The molecule has 644 valence electrons. The molecule has 0 aromatic carbocycles. The largest absolute Gasteiger partial charge is 0.355 e. The number of hydrogen-bond acceptors (Lipinski definition) is 20. The molecule has 12 aromatic rings. The lowest BCUT2D eigenvalue weighted by Crippen LogP contribution is -2.49. The molecule has 8 fully saturated rings. The molecule has 8 aliphatic heterocycles. The van der Waals surface area contributed by atoms with E-state index >= 15 is 0 Å². The summed E-state index contributed by atoms with van der Waals surface area (Å²) in [6, 6.07) is 44.0.